The molecule has 6 heteroatoms. The maximum atomic E-state index is 11.9. The van der Waals surface area contributed by atoms with Crippen molar-refractivity contribution in [3.8, 4) is 5.75 Å². The Bertz CT molecular complexity index is 806. The van der Waals surface area contributed by atoms with Crippen molar-refractivity contribution in [2.45, 2.75) is 0 Å². The lowest BCUT2D eigenvalue weighted by atomic mass is 10.2. The molecular weight excluding hydrogens is 262 g/mol. The van der Waals surface area contributed by atoms with Gasteiger partial charge in [-0.25, -0.2) is 4.98 Å². The van der Waals surface area contributed by atoms with E-state index in [0.29, 0.717) is 4.96 Å². The number of aromatic hydroxyl groups is 1. The lowest BCUT2D eigenvalue weighted by Crippen LogP contribution is -2.13. The third kappa shape index (κ3) is 2.13. The summed E-state index contributed by atoms with van der Waals surface area (Å²) < 4.78 is 1.32. The third-order valence-electron chi connectivity index (χ3n) is 2.59. The van der Waals surface area contributed by atoms with Crippen LogP contribution >= 0.6 is 11.3 Å². The zero-order valence-corrected chi connectivity index (χ0v) is 10.5. The number of hydrogen-bond acceptors (Lipinski definition) is 5. The molecule has 3 heterocycles. The topological polar surface area (TPSA) is 67.5 Å². The van der Waals surface area contributed by atoms with Gasteiger partial charge >= 0.3 is 5.56 Å². The second-order valence-corrected chi connectivity index (χ2v) is 4.70. The van der Waals surface area contributed by atoms with Crippen LogP contribution in [0.2, 0.25) is 0 Å². The minimum atomic E-state index is -0.461. The lowest BCUT2D eigenvalue weighted by molar-refractivity contribution is 0.461. The highest BCUT2D eigenvalue weighted by atomic mass is 32.1. The normalized spacial score (nSPS) is 11.4. The molecule has 0 radical (unpaired) electrons. The summed E-state index contributed by atoms with van der Waals surface area (Å²) in [5.41, 5.74) is 0.670. The van der Waals surface area contributed by atoms with Crippen LogP contribution in [0, 0.1) is 0 Å². The standard InChI is InChI=1S/C13H9N3O2S/c17-11-10(4-3-9-2-1-5-14-8-9)15-13-16(12(11)18)6-7-19-13/h1-8,17H. The Labute approximate surface area is 112 Å². The van der Waals surface area contributed by atoms with Crippen molar-refractivity contribution in [3.63, 3.8) is 0 Å². The Kier molecular flexibility index (Phi) is 2.85. The second-order valence-electron chi connectivity index (χ2n) is 3.83. The molecule has 0 unspecified atom stereocenters. The number of nitrogens with zero attached hydrogens (tertiary/aromatic N) is 3. The van der Waals surface area contributed by atoms with E-state index in [1.54, 1.807) is 36.1 Å². The van der Waals surface area contributed by atoms with Crippen LogP contribution in [-0.4, -0.2) is 19.5 Å². The van der Waals surface area contributed by atoms with Gasteiger partial charge in [-0.3, -0.25) is 14.2 Å². The molecule has 3 rings (SSSR count). The van der Waals surface area contributed by atoms with E-state index in [1.807, 2.05) is 12.1 Å². The van der Waals surface area contributed by atoms with Crippen molar-refractivity contribution in [2.75, 3.05) is 0 Å². The SMILES string of the molecule is O=c1c(O)c(C=Cc2cccnc2)nc2sccn12. The maximum absolute atomic E-state index is 11.9. The predicted octanol–water partition coefficient (Wildman–Crippen LogP) is 2.03. The molecule has 0 atom stereocenters. The van der Waals surface area contributed by atoms with E-state index in [9.17, 15) is 9.90 Å². The van der Waals surface area contributed by atoms with Crippen molar-refractivity contribution >= 4 is 28.4 Å². The molecule has 0 saturated heterocycles. The first-order valence-electron chi connectivity index (χ1n) is 5.52. The van der Waals surface area contributed by atoms with Crippen LogP contribution in [0.3, 0.4) is 0 Å². The highest BCUT2D eigenvalue weighted by Crippen LogP contribution is 2.16. The first kappa shape index (κ1) is 11.6. The van der Waals surface area contributed by atoms with Crippen LogP contribution in [0.4, 0.5) is 0 Å². The van der Waals surface area contributed by atoms with Crippen LogP contribution in [0.5, 0.6) is 5.75 Å². The highest BCUT2D eigenvalue weighted by molar-refractivity contribution is 7.15. The predicted molar refractivity (Wildman–Crippen MR) is 74.2 cm³/mol. The summed E-state index contributed by atoms with van der Waals surface area (Å²) in [5, 5.41) is 11.6. The van der Waals surface area contributed by atoms with Crippen LogP contribution in [0.1, 0.15) is 11.3 Å². The van der Waals surface area contributed by atoms with Gasteiger partial charge in [0.25, 0.3) is 0 Å². The molecular formula is C13H9N3O2S. The van der Waals surface area contributed by atoms with Gasteiger partial charge in [0, 0.05) is 24.0 Å². The molecule has 0 saturated carbocycles. The van der Waals surface area contributed by atoms with E-state index in [0.717, 1.165) is 5.56 Å². The van der Waals surface area contributed by atoms with E-state index >= 15 is 0 Å². The monoisotopic (exact) mass is 271 g/mol. The van der Waals surface area contributed by atoms with E-state index < -0.39 is 5.56 Å². The summed E-state index contributed by atoms with van der Waals surface area (Å²) >= 11 is 1.34. The highest BCUT2D eigenvalue weighted by Gasteiger charge is 2.09. The molecule has 94 valence electrons. The Morgan fingerprint density at radius 1 is 1.37 bits per heavy atom. The number of rotatable bonds is 2. The van der Waals surface area contributed by atoms with Crippen molar-refractivity contribution in [2.24, 2.45) is 0 Å². The zero-order valence-electron chi connectivity index (χ0n) is 9.72. The van der Waals surface area contributed by atoms with Gasteiger partial charge < -0.3 is 5.11 Å². The fraction of sp³-hybridized carbons (Fsp3) is 0. The van der Waals surface area contributed by atoms with E-state index in [2.05, 4.69) is 9.97 Å². The van der Waals surface area contributed by atoms with E-state index in [4.69, 9.17) is 0 Å². The van der Waals surface area contributed by atoms with Gasteiger partial charge in [0.15, 0.2) is 4.96 Å². The number of aromatic nitrogens is 3. The molecule has 0 amide bonds. The van der Waals surface area contributed by atoms with E-state index in [-0.39, 0.29) is 11.4 Å². The maximum Gasteiger partial charge on any atom is 0.301 e. The third-order valence-corrected chi connectivity index (χ3v) is 3.34. The molecule has 0 fully saturated rings. The molecule has 0 aromatic carbocycles. The smallest absolute Gasteiger partial charge is 0.301 e. The van der Waals surface area contributed by atoms with Crippen molar-refractivity contribution in [3.05, 3.63) is 57.7 Å². The number of fused-ring (bicyclic) bond motifs is 1. The minimum absolute atomic E-state index is 0.260. The summed E-state index contributed by atoms with van der Waals surface area (Å²) in [6.45, 7) is 0. The fourth-order valence-corrected chi connectivity index (χ4v) is 2.37. The summed E-state index contributed by atoms with van der Waals surface area (Å²) in [5.74, 6) is -0.351. The fourth-order valence-electron chi connectivity index (χ4n) is 1.65. The molecule has 5 nitrogen and oxygen atoms in total. The lowest BCUT2D eigenvalue weighted by Gasteiger charge is -1.99. The Morgan fingerprint density at radius 3 is 3.05 bits per heavy atom. The minimum Gasteiger partial charge on any atom is -0.502 e. The molecule has 3 aromatic rings. The number of hydrogen-bond donors (Lipinski definition) is 1. The molecule has 0 spiro atoms. The molecule has 0 aliphatic rings. The number of thiazole rings is 1. The van der Waals surface area contributed by atoms with Gasteiger partial charge in [0.05, 0.1) is 0 Å². The average molecular weight is 271 g/mol. The molecule has 0 bridgehead atoms. The Morgan fingerprint density at radius 2 is 2.26 bits per heavy atom. The van der Waals surface area contributed by atoms with E-state index in [1.165, 1.54) is 15.7 Å². The summed E-state index contributed by atoms with van der Waals surface area (Å²) in [4.78, 5) is 20.6. The van der Waals surface area contributed by atoms with Gasteiger partial charge in [0.2, 0.25) is 5.75 Å². The summed E-state index contributed by atoms with van der Waals surface area (Å²) in [6.07, 6.45) is 8.30. The van der Waals surface area contributed by atoms with Gasteiger partial charge in [-0.2, -0.15) is 0 Å². The summed E-state index contributed by atoms with van der Waals surface area (Å²) in [6, 6.07) is 3.68. The van der Waals surface area contributed by atoms with Gasteiger partial charge in [0.1, 0.15) is 5.69 Å². The van der Waals surface area contributed by atoms with Crippen molar-refractivity contribution < 1.29 is 5.11 Å². The second kappa shape index (κ2) is 4.66. The van der Waals surface area contributed by atoms with Crippen LogP contribution < -0.4 is 5.56 Å². The van der Waals surface area contributed by atoms with Crippen LogP contribution in [-0.2, 0) is 0 Å². The van der Waals surface area contributed by atoms with Crippen molar-refractivity contribution in [1.29, 1.82) is 0 Å². The first-order valence-corrected chi connectivity index (χ1v) is 6.40. The van der Waals surface area contributed by atoms with Gasteiger partial charge in [-0.05, 0) is 17.7 Å². The largest absolute Gasteiger partial charge is 0.502 e. The Balaban J connectivity index is 2.08. The molecule has 0 aliphatic heterocycles. The molecule has 0 aliphatic carbocycles. The van der Waals surface area contributed by atoms with Crippen LogP contribution in [0.15, 0.2) is 40.9 Å². The van der Waals surface area contributed by atoms with Crippen molar-refractivity contribution in [1.82, 2.24) is 14.4 Å². The van der Waals surface area contributed by atoms with Crippen LogP contribution in [0.25, 0.3) is 17.1 Å². The quantitative estimate of drug-likeness (QED) is 0.774. The first-order chi connectivity index (χ1) is 9.25. The zero-order chi connectivity index (χ0) is 13.2. The average Bonchev–Trinajstić information content (AvgIpc) is 2.91. The number of pyridine rings is 1. The van der Waals surface area contributed by atoms with Gasteiger partial charge in [-0.15, -0.1) is 11.3 Å². The Hall–Kier alpha value is -2.47. The molecule has 3 aromatic heterocycles. The summed E-state index contributed by atoms with van der Waals surface area (Å²) in [7, 11) is 0. The molecule has 1 N–H and O–H groups in total. The van der Waals surface area contributed by atoms with Gasteiger partial charge in [-0.1, -0.05) is 12.1 Å². The molecule has 19 heavy (non-hydrogen) atoms.